The van der Waals surface area contributed by atoms with E-state index in [2.05, 4.69) is 5.32 Å². The molecule has 0 aliphatic rings. The number of nitro groups is 1. The predicted octanol–water partition coefficient (Wildman–Crippen LogP) is 3.03. The average molecular weight is 344 g/mol. The molecule has 1 aromatic rings. The third kappa shape index (κ3) is 7.07. The molecule has 1 aromatic carbocycles. The fraction of sp³-hybridized carbons (Fsp3) is 0.429. The molecule has 0 radical (unpaired) electrons. The Morgan fingerprint density at radius 3 is 2.26 bits per heavy atom. The van der Waals surface area contributed by atoms with E-state index in [1.54, 1.807) is 5.48 Å². The van der Waals surface area contributed by atoms with Crippen LogP contribution in [0.4, 0.5) is 11.4 Å². The van der Waals surface area contributed by atoms with Gasteiger partial charge in [0.1, 0.15) is 0 Å². The van der Waals surface area contributed by atoms with Crippen molar-refractivity contribution < 1.29 is 19.7 Å². The van der Waals surface area contributed by atoms with E-state index in [0.717, 1.165) is 12.8 Å². The molecule has 2 amide bonds. The van der Waals surface area contributed by atoms with Crippen molar-refractivity contribution in [3.63, 3.8) is 0 Å². The number of unbranched alkanes of at least 4 members (excludes halogenated alkanes) is 3. The first-order chi connectivity index (χ1) is 10.9. The smallest absolute Gasteiger partial charge is 0.271 e. The first-order valence-electron chi connectivity index (χ1n) is 7.10. The van der Waals surface area contributed by atoms with Crippen LogP contribution in [0.1, 0.15) is 38.5 Å². The largest absolute Gasteiger partial charge is 0.325 e. The molecule has 0 atom stereocenters. The number of halogens is 1. The molecule has 0 aliphatic carbocycles. The Hall–Kier alpha value is -2.19. The lowest BCUT2D eigenvalue weighted by molar-refractivity contribution is -0.384. The number of non-ortho nitro benzene ring substituents is 1. The first kappa shape index (κ1) is 18.9. The Labute approximate surface area is 137 Å². The van der Waals surface area contributed by atoms with Gasteiger partial charge in [0.2, 0.25) is 11.8 Å². The molecule has 23 heavy (non-hydrogen) atoms. The van der Waals surface area contributed by atoms with Crippen LogP contribution in [0.15, 0.2) is 18.2 Å². The number of nitrogens with one attached hydrogen (secondary N) is 2. The second-order valence-electron chi connectivity index (χ2n) is 4.92. The number of nitrogens with zero attached hydrogens (tertiary/aromatic N) is 1. The number of carbonyl (C=O) groups is 2. The molecule has 126 valence electrons. The molecule has 0 aromatic heterocycles. The number of carbonyl (C=O) groups excluding carboxylic acids is 2. The number of nitro benzene ring substituents is 1. The van der Waals surface area contributed by atoms with E-state index in [1.165, 1.54) is 18.2 Å². The molecule has 0 bridgehead atoms. The number of anilines is 1. The maximum absolute atomic E-state index is 11.8. The first-order valence-corrected chi connectivity index (χ1v) is 7.48. The van der Waals surface area contributed by atoms with Crippen molar-refractivity contribution in [1.29, 1.82) is 0 Å². The Morgan fingerprint density at radius 1 is 1.13 bits per heavy atom. The van der Waals surface area contributed by atoms with Gasteiger partial charge in [0.15, 0.2) is 0 Å². The van der Waals surface area contributed by atoms with E-state index in [1.807, 2.05) is 0 Å². The van der Waals surface area contributed by atoms with Gasteiger partial charge >= 0.3 is 0 Å². The van der Waals surface area contributed by atoms with Crippen LogP contribution in [-0.4, -0.2) is 21.9 Å². The lowest BCUT2D eigenvalue weighted by atomic mass is 10.1. The van der Waals surface area contributed by atoms with Gasteiger partial charge in [0.25, 0.3) is 5.69 Å². The summed E-state index contributed by atoms with van der Waals surface area (Å²) in [6.07, 6.45) is 3.39. The summed E-state index contributed by atoms with van der Waals surface area (Å²) in [7, 11) is 0. The topological polar surface area (TPSA) is 122 Å². The summed E-state index contributed by atoms with van der Waals surface area (Å²) >= 11 is 5.89. The monoisotopic (exact) mass is 343 g/mol. The van der Waals surface area contributed by atoms with E-state index < -0.39 is 10.8 Å². The summed E-state index contributed by atoms with van der Waals surface area (Å²) in [5, 5.41) is 21.6. The van der Waals surface area contributed by atoms with Gasteiger partial charge in [-0.2, -0.15) is 0 Å². The summed E-state index contributed by atoms with van der Waals surface area (Å²) in [6.45, 7) is 0. The number of amides is 2. The highest BCUT2D eigenvalue weighted by molar-refractivity contribution is 6.33. The zero-order valence-electron chi connectivity index (χ0n) is 12.4. The van der Waals surface area contributed by atoms with Gasteiger partial charge in [0.05, 0.1) is 15.6 Å². The van der Waals surface area contributed by atoms with E-state index in [4.69, 9.17) is 16.8 Å². The highest BCUT2D eigenvalue weighted by Crippen LogP contribution is 2.26. The summed E-state index contributed by atoms with van der Waals surface area (Å²) in [5.41, 5.74) is 1.76. The number of rotatable bonds is 9. The molecule has 0 heterocycles. The van der Waals surface area contributed by atoms with Crippen LogP contribution in [-0.2, 0) is 9.59 Å². The van der Waals surface area contributed by atoms with Crippen LogP contribution in [0.25, 0.3) is 0 Å². The van der Waals surface area contributed by atoms with Gasteiger partial charge < -0.3 is 5.32 Å². The van der Waals surface area contributed by atoms with Gasteiger partial charge in [0, 0.05) is 25.0 Å². The number of hydrogen-bond donors (Lipinski definition) is 3. The van der Waals surface area contributed by atoms with Crippen molar-refractivity contribution in [3.05, 3.63) is 33.3 Å². The molecule has 0 saturated heterocycles. The predicted molar refractivity (Wildman–Crippen MR) is 84.4 cm³/mol. The summed E-state index contributed by atoms with van der Waals surface area (Å²) < 4.78 is 0. The fourth-order valence-electron chi connectivity index (χ4n) is 1.91. The zero-order chi connectivity index (χ0) is 17.2. The number of hydrogen-bond acceptors (Lipinski definition) is 5. The van der Waals surface area contributed by atoms with Gasteiger partial charge in [-0.15, -0.1) is 0 Å². The molecule has 8 nitrogen and oxygen atoms in total. The quantitative estimate of drug-likeness (QED) is 0.275. The molecule has 3 N–H and O–H groups in total. The maximum atomic E-state index is 11.8. The van der Waals surface area contributed by atoms with Crippen LogP contribution in [0.2, 0.25) is 5.02 Å². The number of benzene rings is 1. The summed E-state index contributed by atoms with van der Waals surface area (Å²) in [5.74, 6) is -0.649. The lowest BCUT2D eigenvalue weighted by Crippen LogP contribution is -2.17. The van der Waals surface area contributed by atoms with Gasteiger partial charge in [-0.05, 0) is 18.9 Å². The van der Waals surface area contributed by atoms with Gasteiger partial charge in [-0.3, -0.25) is 24.9 Å². The Bertz CT molecular complexity index is 580. The van der Waals surface area contributed by atoms with Crippen LogP contribution in [0.3, 0.4) is 0 Å². The minimum absolute atomic E-state index is 0.113. The SMILES string of the molecule is O=C(CCCCCCC(=O)Nc1ccc([N+](=O)[O-])cc1Cl)NO. The minimum Gasteiger partial charge on any atom is -0.325 e. The van der Waals surface area contributed by atoms with Crippen molar-refractivity contribution in [2.24, 2.45) is 0 Å². The zero-order valence-corrected chi connectivity index (χ0v) is 13.1. The van der Waals surface area contributed by atoms with Crippen LogP contribution in [0.5, 0.6) is 0 Å². The van der Waals surface area contributed by atoms with Crippen molar-refractivity contribution in [2.75, 3.05) is 5.32 Å². The minimum atomic E-state index is -0.561. The molecule has 0 fully saturated rings. The lowest BCUT2D eigenvalue weighted by Gasteiger charge is -2.07. The Kier molecular flexibility index (Phi) is 8.00. The second kappa shape index (κ2) is 9.75. The Morgan fingerprint density at radius 2 is 1.74 bits per heavy atom. The van der Waals surface area contributed by atoms with E-state index >= 15 is 0 Å². The summed E-state index contributed by atoms with van der Waals surface area (Å²) in [4.78, 5) is 32.6. The molecule has 9 heteroatoms. The third-order valence-electron chi connectivity index (χ3n) is 3.12. The van der Waals surface area contributed by atoms with Crippen LogP contribution in [0, 0.1) is 10.1 Å². The van der Waals surface area contributed by atoms with E-state index in [9.17, 15) is 19.7 Å². The number of hydroxylamine groups is 1. The highest BCUT2D eigenvalue weighted by Gasteiger charge is 2.11. The third-order valence-corrected chi connectivity index (χ3v) is 3.43. The molecular formula is C14H18ClN3O5. The van der Waals surface area contributed by atoms with Crippen LogP contribution < -0.4 is 10.8 Å². The highest BCUT2D eigenvalue weighted by atomic mass is 35.5. The molecular weight excluding hydrogens is 326 g/mol. The Balaban J connectivity index is 2.29. The maximum Gasteiger partial charge on any atom is 0.271 e. The normalized spacial score (nSPS) is 10.2. The van der Waals surface area contributed by atoms with Crippen molar-refractivity contribution >= 4 is 34.8 Å². The van der Waals surface area contributed by atoms with E-state index in [0.29, 0.717) is 24.9 Å². The average Bonchev–Trinajstić information content (AvgIpc) is 2.52. The molecule has 0 spiro atoms. The van der Waals surface area contributed by atoms with Crippen molar-refractivity contribution in [3.8, 4) is 0 Å². The fourth-order valence-corrected chi connectivity index (χ4v) is 2.13. The van der Waals surface area contributed by atoms with Gasteiger partial charge in [-0.25, -0.2) is 5.48 Å². The molecule has 0 aliphatic heterocycles. The molecule has 1 rings (SSSR count). The van der Waals surface area contributed by atoms with Crippen LogP contribution >= 0.6 is 11.6 Å². The van der Waals surface area contributed by atoms with Gasteiger partial charge in [-0.1, -0.05) is 24.4 Å². The van der Waals surface area contributed by atoms with Crippen molar-refractivity contribution in [2.45, 2.75) is 38.5 Å². The summed E-state index contributed by atoms with van der Waals surface area (Å²) in [6, 6.07) is 3.85. The molecule has 0 unspecified atom stereocenters. The second-order valence-corrected chi connectivity index (χ2v) is 5.33. The molecule has 0 saturated carbocycles. The standard InChI is InChI=1S/C14H18ClN3O5/c15-11-9-10(18(22)23)7-8-12(11)16-13(19)5-3-1-2-4-6-14(20)17-21/h7-9,21H,1-6H2,(H,16,19)(H,17,20). The van der Waals surface area contributed by atoms with Crippen molar-refractivity contribution in [1.82, 2.24) is 5.48 Å². The van der Waals surface area contributed by atoms with E-state index in [-0.39, 0.29) is 23.0 Å².